The van der Waals surface area contributed by atoms with Crippen molar-refractivity contribution >= 4 is 23.2 Å². The number of amides is 2. The lowest BCUT2D eigenvalue weighted by molar-refractivity contribution is -0.128. The predicted molar refractivity (Wildman–Crippen MR) is 106 cm³/mol. The van der Waals surface area contributed by atoms with Gasteiger partial charge in [0.15, 0.2) is 11.5 Å². The summed E-state index contributed by atoms with van der Waals surface area (Å²) in [7, 11) is 0. The number of rotatable bonds is 9. The van der Waals surface area contributed by atoms with Gasteiger partial charge in [0.2, 0.25) is 5.91 Å². The second kappa shape index (κ2) is 9.81. The van der Waals surface area contributed by atoms with E-state index in [0.29, 0.717) is 25.3 Å². The zero-order valence-corrected chi connectivity index (χ0v) is 16.5. The third kappa shape index (κ3) is 5.40. The summed E-state index contributed by atoms with van der Waals surface area (Å²) in [5.74, 6) is -0.550. The van der Waals surface area contributed by atoms with Crippen LogP contribution in [-0.2, 0) is 4.79 Å². The summed E-state index contributed by atoms with van der Waals surface area (Å²) in [5.41, 5.74) is 5.63. The smallest absolute Gasteiger partial charge is 0.273 e. The van der Waals surface area contributed by atoms with Crippen molar-refractivity contribution in [3.05, 3.63) is 29.3 Å². The van der Waals surface area contributed by atoms with E-state index in [4.69, 9.17) is 10.3 Å². The van der Waals surface area contributed by atoms with Gasteiger partial charge in [-0.15, -0.1) is 11.3 Å². The Balaban J connectivity index is 1.31. The standard InChI is InChI=1S/C19H26N4O4S/c20-18(25)13-12-23(9-6-15(13)24)8-3-1-2-7-21-19(26)14-11-16(27-22-14)17-5-4-10-28-17/h4-5,10-11,13,15,24H,1-3,6-9,12H2,(H2,20,25)(H,21,26)/t13-,15+/m1/s1. The van der Waals surface area contributed by atoms with Gasteiger partial charge in [-0.05, 0) is 37.3 Å². The van der Waals surface area contributed by atoms with Crippen LogP contribution in [0.2, 0.25) is 0 Å². The number of primary amides is 1. The molecule has 2 aromatic rings. The first-order chi connectivity index (χ1) is 13.5. The fraction of sp³-hybridized carbons (Fsp3) is 0.526. The summed E-state index contributed by atoms with van der Waals surface area (Å²) >= 11 is 1.53. The molecule has 1 fully saturated rings. The maximum Gasteiger partial charge on any atom is 0.273 e. The van der Waals surface area contributed by atoms with Gasteiger partial charge in [0.1, 0.15) is 0 Å². The zero-order chi connectivity index (χ0) is 19.9. The Bertz CT molecular complexity index is 777. The second-order valence-electron chi connectivity index (χ2n) is 7.04. The first kappa shape index (κ1) is 20.5. The Morgan fingerprint density at radius 1 is 1.39 bits per heavy atom. The van der Waals surface area contributed by atoms with Crippen LogP contribution in [0.5, 0.6) is 0 Å². The lowest BCUT2D eigenvalue weighted by Crippen LogP contribution is -2.48. The second-order valence-corrected chi connectivity index (χ2v) is 7.98. The topological polar surface area (TPSA) is 122 Å². The van der Waals surface area contributed by atoms with Crippen molar-refractivity contribution in [2.24, 2.45) is 11.7 Å². The van der Waals surface area contributed by atoms with Crippen molar-refractivity contribution in [1.29, 1.82) is 0 Å². The van der Waals surface area contributed by atoms with Gasteiger partial charge in [0, 0.05) is 25.7 Å². The van der Waals surface area contributed by atoms with Crippen molar-refractivity contribution in [2.75, 3.05) is 26.2 Å². The van der Waals surface area contributed by atoms with Crippen LogP contribution >= 0.6 is 11.3 Å². The fourth-order valence-corrected chi connectivity index (χ4v) is 4.01. The first-order valence-electron chi connectivity index (χ1n) is 9.53. The molecule has 8 nitrogen and oxygen atoms in total. The van der Waals surface area contributed by atoms with Crippen LogP contribution in [-0.4, -0.2) is 59.3 Å². The molecule has 9 heteroatoms. The average Bonchev–Trinajstić information content (AvgIpc) is 3.36. The number of likely N-dealkylation sites (tertiary alicyclic amines) is 1. The van der Waals surface area contributed by atoms with E-state index in [2.05, 4.69) is 15.4 Å². The molecule has 2 atom stereocenters. The lowest BCUT2D eigenvalue weighted by atomic mass is 9.94. The van der Waals surface area contributed by atoms with Crippen molar-refractivity contribution in [2.45, 2.75) is 31.8 Å². The molecule has 3 rings (SSSR count). The number of aliphatic hydroxyl groups is 1. The molecule has 3 heterocycles. The maximum atomic E-state index is 12.1. The Morgan fingerprint density at radius 2 is 2.25 bits per heavy atom. The molecule has 0 unspecified atom stereocenters. The Hall–Kier alpha value is -2.23. The molecule has 2 aromatic heterocycles. The minimum Gasteiger partial charge on any atom is -0.392 e. The molecule has 4 N–H and O–H groups in total. The maximum absolute atomic E-state index is 12.1. The number of piperidine rings is 1. The summed E-state index contributed by atoms with van der Waals surface area (Å²) in [6, 6.07) is 5.49. The van der Waals surface area contributed by atoms with Crippen LogP contribution in [0.25, 0.3) is 10.6 Å². The third-order valence-corrected chi connectivity index (χ3v) is 5.85. The van der Waals surface area contributed by atoms with Crippen LogP contribution in [0, 0.1) is 5.92 Å². The number of nitrogens with zero attached hydrogens (tertiary/aromatic N) is 2. The van der Waals surface area contributed by atoms with E-state index in [0.717, 1.165) is 37.2 Å². The monoisotopic (exact) mass is 406 g/mol. The Labute approximate surface area is 167 Å². The van der Waals surface area contributed by atoms with Gasteiger partial charge in [-0.3, -0.25) is 9.59 Å². The van der Waals surface area contributed by atoms with Crippen LogP contribution in [0.4, 0.5) is 0 Å². The number of aromatic nitrogens is 1. The molecular weight excluding hydrogens is 380 g/mol. The molecule has 1 saturated heterocycles. The van der Waals surface area contributed by atoms with Crippen LogP contribution in [0.1, 0.15) is 36.2 Å². The van der Waals surface area contributed by atoms with E-state index >= 15 is 0 Å². The van der Waals surface area contributed by atoms with Gasteiger partial charge >= 0.3 is 0 Å². The number of unbranched alkanes of at least 4 members (excludes halogenated alkanes) is 2. The number of nitrogens with one attached hydrogen (secondary N) is 1. The molecular formula is C19H26N4O4S. The minimum absolute atomic E-state index is 0.235. The van der Waals surface area contributed by atoms with E-state index in [1.165, 1.54) is 11.3 Å². The van der Waals surface area contributed by atoms with Crippen LogP contribution in [0.3, 0.4) is 0 Å². The largest absolute Gasteiger partial charge is 0.392 e. The average molecular weight is 407 g/mol. The highest BCUT2D eigenvalue weighted by Crippen LogP contribution is 2.25. The molecule has 152 valence electrons. The lowest BCUT2D eigenvalue weighted by Gasteiger charge is -2.34. The molecule has 0 bridgehead atoms. The number of aliphatic hydroxyl groups excluding tert-OH is 1. The van der Waals surface area contributed by atoms with Gasteiger partial charge in [-0.1, -0.05) is 17.6 Å². The van der Waals surface area contributed by atoms with Gasteiger partial charge in [0.05, 0.1) is 16.9 Å². The predicted octanol–water partition coefficient (Wildman–Crippen LogP) is 1.47. The quantitative estimate of drug-likeness (QED) is 0.542. The van der Waals surface area contributed by atoms with Gasteiger partial charge in [-0.2, -0.15) is 0 Å². The Morgan fingerprint density at radius 3 is 3.00 bits per heavy atom. The SMILES string of the molecule is NC(=O)[C@@H]1CN(CCCCCNC(=O)c2cc(-c3cccs3)on2)CC[C@@H]1O. The van der Waals surface area contributed by atoms with Crippen molar-refractivity contribution in [3.63, 3.8) is 0 Å². The molecule has 0 radical (unpaired) electrons. The molecule has 0 spiro atoms. The van der Waals surface area contributed by atoms with E-state index < -0.39 is 17.9 Å². The molecule has 0 aliphatic carbocycles. The summed E-state index contributed by atoms with van der Waals surface area (Å²) < 4.78 is 5.22. The highest BCUT2D eigenvalue weighted by atomic mass is 32.1. The van der Waals surface area contributed by atoms with Crippen LogP contribution < -0.4 is 11.1 Å². The number of carbonyl (C=O) groups is 2. The minimum atomic E-state index is -0.624. The summed E-state index contributed by atoms with van der Waals surface area (Å²) in [6.45, 7) is 2.73. The molecule has 1 aliphatic heterocycles. The van der Waals surface area contributed by atoms with Crippen LogP contribution in [0.15, 0.2) is 28.1 Å². The fourth-order valence-electron chi connectivity index (χ4n) is 3.34. The van der Waals surface area contributed by atoms with E-state index in [-0.39, 0.29) is 11.6 Å². The number of hydrogen-bond acceptors (Lipinski definition) is 7. The Kier molecular flexibility index (Phi) is 7.18. The van der Waals surface area contributed by atoms with E-state index in [1.807, 2.05) is 17.5 Å². The highest BCUT2D eigenvalue weighted by molar-refractivity contribution is 7.13. The van der Waals surface area contributed by atoms with Crippen molar-refractivity contribution < 1.29 is 19.2 Å². The molecule has 28 heavy (non-hydrogen) atoms. The third-order valence-electron chi connectivity index (χ3n) is 4.97. The van der Waals surface area contributed by atoms with Gasteiger partial charge in [0.25, 0.3) is 5.91 Å². The number of carbonyl (C=O) groups excluding carboxylic acids is 2. The number of hydrogen-bond donors (Lipinski definition) is 3. The van der Waals surface area contributed by atoms with E-state index in [9.17, 15) is 14.7 Å². The molecule has 2 amide bonds. The van der Waals surface area contributed by atoms with Gasteiger partial charge in [-0.25, -0.2) is 0 Å². The highest BCUT2D eigenvalue weighted by Gasteiger charge is 2.31. The number of thiophene rings is 1. The molecule has 1 aliphatic rings. The van der Waals surface area contributed by atoms with Crippen molar-refractivity contribution in [1.82, 2.24) is 15.4 Å². The van der Waals surface area contributed by atoms with Crippen molar-refractivity contribution in [3.8, 4) is 10.6 Å². The van der Waals surface area contributed by atoms with Gasteiger partial charge < -0.3 is 25.6 Å². The summed E-state index contributed by atoms with van der Waals surface area (Å²) in [4.78, 5) is 26.6. The van der Waals surface area contributed by atoms with E-state index in [1.54, 1.807) is 6.07 Å². The summed E-state index contributed by atoms with van der Waals surface area (Å²) in [6.07, 6.45) is 2.73. The number of nitrogens with two attached hydrogens (primary N) is 1. The summed E-state index contributed by atoms with van der Waals surface area (Å²) in [5, 5.41) is 18.5. The molecule has 0 saturated carbocycles. The normalized spacial score (nSPS) is 20.2. The first-order valence-corrected chi connectivity index (χ1v) is 10.4. The zero-order valence-electron chi connectivity index (χ0n) is 15.7. The molecule has 0 aromatic carbocycles.